The Hall–Kier alpha value is -1.02. The van der Waals surface area contributed by atoms with Gasteiger partial charge in [-0.15, -0.1) is 0 Å². The minimum atomic E-state index is -1.95. The van der Waals surface area contributed by atoms with E-state index < -0.39 is 31.5 Å². The van der Waals surface area contributed by atoms with Crippen LogP contribution < -0.4 is 0 Å². The standard InChI is InChI=1S/C22H33BrClNO4Si/c1-9-28-20(27)17(19(26)16-11-10-15(23)12-18(16)24)13-25-22(5,6)14-29-30(7,8)21(2,3)4/h10-13,17H,9,14H2,1-8H3. The highest BCUT2D eigenvalue weighted by Gasteiger charge is 2.38. The summed E-state index contributed by atoms with van der Waals surface area (Å²) in [6.07, 6.45) is 1.37. The van der Waals surface area contributed by atoms with Gasteiger partial charge in [0.05, 0.1) is 23.8 Å². The van der Waals surface area contributed by atoms with Crippen LogP contribution in [0.15, 0.2) is 27.7 Å². The minimum absolute atomic E-state index is 0.0779. The lowest BCUT2D eigenvalue weighted by Crippen LogP contribution is -2.44. The van der Waals surface area contributed by atoms with Crippen molar-refractivity contribution in [2.45, 2.75) is 65.2 Å². The van der Waals surface area contributed by atoms with E-state index in [1.54, 1.807) is 25.1 Å². The number of hydrogen-bond acceptors (Lipinski definition) is 5. The third kappa shape index (κ3) is 7.59. The molecule has 1 atom stereocenters. The van der Waals surface area contributed by atoms with Gasteiger partial charge in [-0.05, 0) is 57.1 Å². The highest BCUT2D eigenvalue weighted by molar-refractivity contribution is 9.10. The van der Waals surface area contributed by atoms with Gasteiger partial charge in [0.25, 0.3) is 0 Å². The van der Waals surface area contributed by atoms with Gasteiger partial charge >= 0.3 is 5.97 Å². The molecule has 168 valence electrons. The summed E-state index contributed by atoms with van der Waals surface area (Å²) in [6.45, 7) is 16.9. The van der Waals surface area contributed by atoms with Gasteiger partial charge in [-0.25, -0.2) is 0 Å². The first kappa shape index (κ1) is 27.0. The molecule has 0 amide bonds. The quantitative estimate of drug-likeness (QED) is 0.126. The first-order chi connectivity index (χ1) is 13.6. The second-order valence-corrected chi connectivity index (χ2v) is 15.5. The molecule has 0 aliphatic carbocycles. The molecule has 0 aliphatic heterocycles. The maximum atomic E-state index is 13.0. The number of carbonyl (C=O) groups is 2. The number of hydrogen-bond donors (Lipinski definition) is 0. The smallest absolute Gasteiger partial charge is 0.322 e. The van der Waals surface area contributed by atoms with Gasteiger partial charge in [0.1, 0.15) is 0 Å². The van der Waals surface area contributed by atoms with Crippen LogP contribution in [0.25, 0.3) is 0 Å². The normalized spacial score (nSPS) is 14.1. The molecular weight excluding hydrogens is 486 g/mol. The molecule has 0 fully saturated rings. The van der Waals surface area contributed by atoms with Gasteiger partial charge in [-0.2, -0.15) is 0 Å². The molecule has 0 aromatic heterocycles. The Morgan fingerprint density at radius 3 is 2.33 bits per heavy atom. The van der Waals surface area contributed by atoms with Gasteiger partial charge < -0.3 is 9.16 Å². The predicted molar refractivity (Wildman–Crippen MR) is 129 cm³/mol. The minimum Gasteiger partial charge on any atom is -0.465 e. The van der Waals surface area contributed by atoms with E-state index in [2.05, 4.69) is 54.8 Å². The van der Waals surface area contributed by atoms with Crippen LogP contribution in [0.5, 0.6) is 0 Å². The molecule has 0 saturated heterocycles. The maximum Gasteiger partial charge on any atom is 0.322 e. The number of aliphatic imine (C=N–C) groups is 1. The van der Waals surface area contributed by atoms with E-state index in [0.29, 0.717) is 6.61 Å². The Balaban J connectivity index is 3.10. The molecule has 1 rings (SSSR count). The van der Waals surface area contributed by atoms with Gasteiger partial charge in [-0.1, -0.05) is 48.3 Å². The number of esters is 1. The van der Waals surface area contributed by atoms with Crippen molar-refractivity contribution in [1.82, 2.24) is 0 Å². The lowest BCUT2D eigenvalue weighted by Gasteiger charge is -2.38. The van der Waals surface area contributed by atoms with Crippen molar-refractivity contribution in [3.63, 3.8) is 0 Å². The second kappa shape index (κ2) is 10.5. The molecular formula is C22H33BrClNO4Si. The molecule has 1 aromatic rings. The molecule has 0 heterocycles. The number of ether oxygens (including phenoxy) is 1. The summed E-state index contributed by atoms with van der Waals surface area (Å²) in [4.78, 5) is 30.1. The summed E-state index contributed by atoms with van der Waals surface area (Å²) >= 11 is 9.54. The van der Waals surface area contributed by atoms with Crippen molar-refractivity contribution >= 4 is 53.8 Å². The van der Waals surface area contributed by atoms with Gasteiger partial charge in [-0.3, -0.25) is 14.6 Å². The molecule has 0 spiro atoms. The summed E-state index contributed by atoms with van der Waals surface area (Å²) in [5.41, 5.74) is -0.357. The summed E-state index contributed by atoms with van der Waals surface area (Å²) in [5, 5.41) is 0.340. The van der Waals surface area contributed by atoms with Gasteiger partial charge in [0.15, 0.2) is 20.0 Å². The molecule has 0 bridgehead atoms. The largest absolute Gasteiger partial charge is 0.465 e. The van der Waals surface area contributed by atoms with Crippen LogP contribution in [0.2, 0.25) is 23.2 Å². The van der Waals surface area contributed by atoms with E-state index >= 15 is 0 Å². The summed E-state index contributed by atoms with van der Waals surface area (Å²) in [6, 6.07) is 4.90. The van der Waals surface area contributed by atoms with Crippen molar-refractivity contribution < 1.29 is 18.8 Å². The average Bonchev–Trinajstić information content (AvgIpc) is 2.59. The molecule has 0 radical (unpaired) electrons. The van der Waals surface area contributed by atoms with E-state index in [0.717, 1.165) is 4.47 Å². The monoisotopic (exact) mass is 517 g/mol. The van der Waals surface area contributed by atoms with Crippen LogP contribution in [0.3, 0.4) is 0 Å². The first-order valence-electron chi connectivity index (χ1n) is 9.96. The zero-order valence-electron chi connectivity index (χ0n) is 19.1. The maximum absolute atomic E-state index is 13.0. The number of nitrogens with zero attached hydrogens (tertiary/aromatic N) is 1. The van der Waals surface area contributed by atoms with Crippen LogP contribution in [0.4, 0.5) is 0 Å². The number of Topliss-reactive ketones (excluding diaryl/α,β-unsaturated/α-hetero) is 1. The average molecular weight is 519 g/mol. The Bertz CT molecular complexity index is 803. The molecule has 0 N–H and O–H groups in total. The zero-order chi connectivity index (χ0) is 23.3. The number of rotatable bonds is 9. The SMILES string of the molecule is CCOC(=O)C(C=NC(C)(C)CO[Si](C)(C)C(C)(C)C)C(=O)c1ccc(Br)cc1Cl. The number of halogens is 2. The molecule has 0 aliphatic rings. The third-order valence-corrected chi connectivity index (χ3v) is 10.5. The number of benzene rings is 1. The van der Waals surface area contributed by atoms with E-state index in [1.165, 1.54) is 6.21 Å². The first-order valence-corrected chi connectivity index (χ1v) is 14.0. The van der Waals surface area contributed by atoms with Crippen molar-refractivity contribution in [1.29, 1.82) is 0 Å². The summed E-state index contributed by atoms with van der Waals surface area (Å²) in [7, 11) is -1.95. The highest BCUT2D eigenvalue weighted by Crippen LogP contribution is 2.37. The van der Waals surface area contributed by atoms with Crippen LogP contribution in [-0.4, -0.2) is 45.0 Å². The van der Waals surface area contributed by atoms with Gasteiger partial charge in [0.2, 0.25) is 0 Å². The topological polar surface area (TPSA) is 65.0 Å². The molecule has 30 heavy (non-hydrogen) atoms. The summed E-state index contributed by atoms with van der Waals surface area (Å²) < 4.78 is 12.1. The summed E-state index contributed by atoms with van der Waals surface area (Å²) in [5.74, 6) is -2.27. The fourth-order valence-electron chi connectivity index (χ4n) is 2.21. The van der Waals surface area contributed by atoms with E-state index in [-0.39, 0.29) is 22.2 Å². The van der Waals surface area contributed by atoms with E-state index in [4.69, 9.17) is 20.8 Å². The molecule has 1 unspecified atom stereocenters. The lowest BCUT2D eigenvalue weighted by molar-refractivity contribution is -0.143. The second-order valence-electron chi connectivity index (χ2n) is 9.36. The number of ketones is 1. The van der Waals surface area contributed by atoms with Crippen molar-refractivity contribution in [2.75, 3.05) is 13.2 Å². The fraction of sp³-hybridized carbons (Fsp3) is 0.591. The Morgan fingerprint density at radius 1 is 1.23 bits per heavy atom. The van der Waals surface area contributed by atoms with Crippen molar-refractivity contribution in [3.8, 4) is 0 Å². The fourth-order valence-corrected chi connectivity index (χ4v) is 4.13. The van der Waals surface area contributed by atoms with E-state index in [1.807, 2.05) is 13.8 Å². The van der Waals surface area contributed by atoms with Gasteiger partial charge in [0, 0.05) is 16.3 Å². The third-order valence-electron chi connectivity index (χ3n) is 5.19. The Morgan fingerprint density at radius 2 is 1.83 bits per heavy atom. The number of carbonyl (C=O) groups excluding carboxylic acids is 2. The van der Waals surface area contributed by atoms with Crippen LogP contribution in [0, 0.1) is 5.92 Å². The zero-order valence-corrected chi connectivity index (χ0v) is 22.5. The molecule has 5 nitrogen and oxygen atoms in total. The highest BCUT2D eigenvalue weighted by atomic mass is 79.9. The van der Waals surface area contributed by atoms with Crippen LogP contribution in [-0.2, 0) is 14.0 Å². The Kier molecular flexibility index (Phi) is 9.48. The Labute approximate surface area is 194 Å². The molecule has 1 aromatic carbocycles. The van der Waals surface area contributed by atoms with Crippen molar-refractivity contribution in [3.05, 3.63) is 33.3 Å². The van der Waals surface area contributed by atoms with Crippen LogP contribution in [0.1, 0.15) is 51.9 Å². The predicted octanol–water partition coefficient (Wildman–Crippen LogP) is 6.34. The van der Waals surface area contributed by atoms with Crippen LogP contribution >= 0.6 is 27.5 Å². The molecule has 8 heteroatoms. The lowest BCUT2D eigenvalue weighted by atomic mass is 9.98. The molecule has 0 saturated carbocycles. The van der Waals surface area contributed by atoms with Crippen molar-refractivity contribution in [2.24, 2.45) is 10.9 Å². The van der Waals surface area contributed by atoms with E-state index in [9.17, 15) is 9.59 Å².